The van der Waals surface area contributed by atoms with E-state index >= 15 is 0 Å². The molecule has 5 heteroatoms. The van der Waals surface area contributed by atoms with E-state index in [9.17, 15) is 0 Å². The Balaban J connectivity index is 2.13. The van der Waals surface area contributed by atoms with Gasteiger partial charge in [-0.1, -0.05) is 18.2 Å². The van der Waals surface area contributed by atoms with Crippen LogP contribution in [0.2, 0.25) is 0 Å². The molecule has 2 N–H and O–H groups in total. The van der Waals surface area contributed by atoms with Crippen molar-refractivity contribution in [1.29, 1.82) is 0 Å². The van der Waals surface area contributed by atoms with E-state index in [1.165, 1.54) is 0 Å². The number of para-hydroxylation sites is 1. The number of hydrogen-bond acceptors (Lipinski definition) is 5. The van der Waals surface area contributed by atoms with Crippen molar-refractivity contribution in [3.63, 3.8) is 0 Å². The molecular weight excluding hydrogens is 240 g/mol. The quantitative estimate of drug-likeness (QED) is 0.832. The second kappa shape index (κ2) is 6.04. The number of rotatable bonds is 5. The Morgan fingerprint density at radius 1 is 1.26 bits per heavy atom. The van der Waals surface area contributed by atoms with Gasteiger partial charge in [-0.25, -0.2) is 4.98 Å². The Morgan fingerprint density at radius 2 is 2.05 bits per heavy atom. The lowest BCUT2D eigenvalue weighted by molar-refractivity contribution is 0.326. The molecule has 2 rings (SSSR count). The van der Waals surface area contributed by atoms with E-state index in [0.717, 1.165) is 11.3 Å². The van der Waals surface area contributed by atoms with Crippen molar-refractivity contribution in [1.82, 2.24) is 9.97 Å². The standard InChI is InChI=1S/C14H18N4O/c1-3-19-13-8-9-16-14(17-13)18(2)10-11-6-4-5-7-12(11)15/h4-9H,3,10,15H2,1-2H3. The Labute approximate surface area is 113 Å². The number of nitrogens with zero attached hydrogens (tertiary/aromatic N) is 3. The van der Waals surface area contributed by atoms with Crippen molar-refractivity contribution in [2.75, 3.05) is 24.3 Å². The molecule has 100 valence electrons. The lowest BCUT2D eigenvalue weighted by Gasteiger charge is -2.18. The molecule has 0 bridgehead atoms. The summed E-state index contributed by atoms with van der Waals surface area (Å²) in [5.41, 5.74) is 7.76. The molecule has 0 aliphatic rings. The van der Waals surface area contributed by atoms with E-state index in [1.807, 2.05) is 43.1 Å². The molecular formula is C14H18N4O. The number of benzene rings is 1. The van der Waals surface area contributed by atoms with Crippen LogP contribution < -0.4 is 15.4 Å². The summed E-state index contributed by atoms with van der Waals surface area (Å²) in [6.45, 7) is 3.17. The van der Waals surface area contributed by atoms with Gasteiger partial charge in [0.15, 0.2) is 0 Å². The first-order valence-electron chi connectivity index (χ1n) is 6.21. The first-order valence-corrected chi connectivity index (χ1v) is 6.21. The fourth-order valence-corrected chi connectivity index (χ4v) is 1.75. The van der Waals surface area contributed by atoms with Crippen LogP contribution in [0.1, 0.15) is 12.5 Å². The van der Waals surface area contributed by atoms with Gasteiger partial charge >= 0.3 is 0 Å². The normalized spacial score (nSPS) is 10.2. The number of anilines is 2. The molecule has 1 heterocycles. The fraction of sp³-hybridized carbons (Fsp3) is 0.286. The maximum Gasteiger partial charge on any atom is 0.228 e. The van der Waals surface area contributed by atoms with Gasteiger partial charge in [-0.15, -0.1) is 0 Å². The lowest BCUT2D eigenvalue weighted by Crippen LogP contribution is -2.20. The van der Waals surface area contributed by atoms with Crippen LogP contribution in [0.25, 0.3) is 0 Å². The van der Waals surface area contributed by atoms with Crippen molar-refractivity contribution in [2.24, 2.45) is 0 Å². The van der Waals surface area contributed by atoms with Crippen LogP contribution in [-0.4, -0.2) is 23.6 Å². The highest BCUT2D eigenvalue weighted by atomic mass is 16.5. The van der Waals surface area contributed by atoms with Gasteiger partial charge in [-0.3, -0.25) is 0 Å². The number of nitrogen functional groups attached to an aromatic ring is 1. The van der Waals surface area contributed by atoms with Gasteiger partial charge in [0.1, 0.15) is 0 Å². The first-order chi connectivity index (χ1) is 9.20. The molecule has 0 aliphatic carbocycles. The molecule has 0 amide bonds. The highest BCUT2D eigenvalue weighted by molar-refractivity contribution is 5.48. The van der Waals surface area contributed by atoms with Gasteiger partial charge in [0.25, 0.3) is 0 Å². The summed E-state index contributed by atoms with van der Waals surface area (Å²) in [6, 6.07) is 9.53. The number of nitrogens with two attached hydrogens (primary N) is 1. The van der Waals surface area contributed by atoms with Crippen molar-refractivity contribution < 1.29 is 4.74 Å². The van der Waals surface area contributed by atoms with E-state index in [1.54, 1.807) is 12.3 Å². The van der Waals surface area contributed by atoms with Gasteiger partial charge in [0.2, 0.25) is 11.8 Å². The monoisotopic (exact) mass is 258 g/mol. The van der Waals surface area contributed by atoms with Crippen LogP contribution in [0.15, 0.2) is 36.5 Å². The molecule has 0 saturated carbocycles. The Hall–Kier alpha value is -2.30. The molecule has 5 nitrogen and oxygen atoms in total. The lowest BCUT2D eigenvalue weighted by atomic mass is 10.2. The summed E-state index contributed by atoms with van der Waals surface area (Å²) < 4.78 is 5.37. The first kappa shape index (κ1) is 13.1. The van der Waals surface area contributed by atoms with Gasteiger partial charge in [-0.2, -0.15) is 4.98 Å². The minimum absolute atomic E-state index is 0.584. The summed E-state index contributed by atoms with van der Waals surface area (Å²) in [7, 11) is 1.93. The molecule has 1 aromatic heterocycles. The average Bonchev–Trinajstić information content (AvgIpc) is 2.42. The largest absolute Gasteiger partial charge is 0.478 e. The van der Waals surface area contributed by atoms with Crippen LogP contribution in [0.3, 0.4) is 0 Å². The second-order valence-electron chi connectivity index (χ2n) is 4.18. The Kier molecular flexibility index (Phi) is 4.18. The average molecular weight is 258 g/mol. The summed E-state index contributed by atoms with van der Waals surface area (Å²) in [6.07, 6.45) is 1.69. The van der Waals surface area contributed by atoms with Crippen LogP contribution in [-0.2, 0) is 6.54 Å². The Morgan fingerprint density at radius 3 is 2.79 bits per heavy atom. The molecule has 2 aromatic rings. The van der Waals surface area contributed by atoms with Gasteiger partial charge in [-0.05, 0) is 18.6 Å². The van der Waals surface area contributed by atoms with Crippen molar-refractivity contribution in [3.8, 4) is 5.88 Å². The summed E-state index contributed by atoms with van der Waals surface area (Å²) in [5.74, 6) is 1.20. The van der Waals surface area contributed by atoms with E-state index in [4.69, 9.17) is 10.5 Å². The van der Waals surface area contributed by atoms with Gasteiger partial charge in [0.05, 0.1) is 6.61 Å². The maximum atomic E-state index is 5.93. The molecule has 0 atom stereocenters. The molecule has 0 radical (unpaired) electrons. The van der Waals surface area contributed by atoms with E-state index in [2.05, 4.69) is 9.97 Å². The van der Waals surface area contributed by atoms with Crippen LogP contribution in [0.5, 0.6) is 5.88 Å². The molecule has 19 heavy (non-hydrogen) atoms. The predicted octanol–water partition coefficient (Wildman–Crippen LogP) is 2.09. The number of hydrogen-bond donors (Lipinski definition) is 1. The molecule has 0 fully saturated rings. The second-order valence-corrected chi connectivity index (χ2v) is 4.18. The molecule has 0 aliphatic heterocycles. The number of ether oxygens (including phenoxy) is 1. The van der Waals surface area contributed by atoms with Crippen molar-refractivity contribution in [2.45, 2.75) is 13.5 Å². The molecule has 1 aromatic carbocycles. The fourth-order valence-electron chi connectivity index (χ4n) is 1.75. The SMILES string of the molecule is CCOc1ccnc(N(C)Cc2ccccc2N)n1. The zero-order valence-electron chi connectivity index (χ0n) is 11.2. The van der Waals surface area contributed by atoms with E-state index < -0.39 is 0 Å². The zero-order chi connectivity index (χ0) is 13.7. The number of aromatic nitrogens is 2. The topological polar surface area (TPSA) is 64.3 Å². The van der Waals surface area contributed by atoms with Gasteiger partial charge < -0.3 is 15.4 Å². The summed E-state index contributed by atoms with van der Waals surface area (Å²) in [5, 5.41) is 0. The third-order valence-corrected chi connectivity index (χ3v) is 2.71. The third kappa shape index (κ3) is 3.34. The van der Waals surface area contributed by atoms with E-state index in [-0.39, 0.29) is 0 Å². The summed E-state index contributed by atoms with van der Waals surface area (Å²) in [4.78, 5) is 10.5. The van der Waals surface area contributed by atoms with Crippen molar-refractivity contribution in [3.05, 3.63) is 42.1 Å². The third-order valence-electron chi connectivity index (χ3n) is 2.71. The van der Waals surface area contributed by atoms with Crippen molar-refractivity contribution >= 4 is 11.6 Å². The Bertz CT molecular complexity index is 544. The predicted molar refractivity (Wildman–Crippen MR) is 76.2 cm³/mol. The van der Waals surface area contributed by atoms with Crippen LogP contribution in [0, 0.1) is 0 Å². The van der Waals surface area contributed by atoms with Crippen LogP contribution in [0.4, 0.5) is 11.6 Å². The smallest absolute Gasteiger partial charge is 0.228 e. The van der Waals surface area contributed by atoms with E-state index in [0.29, 0.717) is 25.0 Å². The van der Waals surface area contributed by atoms with Crippen LogP contribution >= 0.6 is 0 Å². The zero-order valence-corrected chi connectivity index (χ0v) is 11.2. The van der Waals surface area contributed by atoms with Gasteiger partial charge in [0, 0.05) is 31.5 Å². The highest BCUT2D eigenvalue weighted by Crippen LogP contribution is 2.17. The minimum Gasteiger partial charge on any atom is -0.478 e. The molecule has 0 unspecified atom stereocenters. The highest BCUT2D eigenvalue weighted by Gasteiger charge is 2.08. The minimum atomic E-state index is 0.584. The molecule has 0 spiro atoms. The molecule has 0 saturated heterocycles. The summed E-state index contributed by atoms with van der Waals surface area (Å²) >= 11 is 0. The maximum absolute atomic E-state index is 5.93.